The van der Waals surface area contributed by atoms with Crippen molar-refractivity contribution in [3.8, 4) is 16.9 Å². The van der Waals surface area contributed by atoms with Gasteiger partial charge in [-0.25, -0.2) is 4.79 Å². The first-order valence-electron chi connectivity index (χ1n) is 14.9. The highest BCUT2D eigenvalue weighted by molar-refractivity contribution is 5.91. The standard InChI is InChI=1S/C36H34N4O5.2FH/c41-32-14-11-28(29-12-15-34(43)39-35(29)32)33(42)22-37-21-24-9-13-31-26(19-24)16-18-40(31)17-4-5-23-8-10-27(25-6-2-1-3-7-25)30(20-23)38-36(44)45;;/h1-3,6-16,18-20,33,37-38,41-42H,4-5,17,21-22H2,(H,39,43)(H,44,45);2*1H/t33-;;/m0../s1. The molecule has 0 bridgehead atoms. The second-order valence-electron chi connectivity index (χ2n) is 11.1. The highest BCUT2D eigenvalue weighted by Crippen LogP contribution is 2.30. The summed E-state index contributed by atoms with van der Waals surface area (Å²) in [5, 5.41) is 37.9. The van der Waals surface area contributed by atoms with Crippen LogP contribution in [0.2, 0.25) is 0 Å². The number of hydrogen-bond acceptors (Lipinski definition) is 5. The molecule has 0 aliphatic heterocycles. The summed E-state index contributed by atoms with van der Waals surface area (Å²) in [5.41, 5.74) is 6.31. The lowest BCUT2D eigenvalue weighted by Crippen LogP contribution is -2.21. The highest BCUT2D eigenvalue weighted by atomic mass is 19.0. The van der Waals surface area contributed by atoms with Crippen molar-refractivity contribution in [1.29, 1.82) is 0 Å². The maximum atomic E-state index is 11.7. The van der Waals surface area contributed by atoms with Crippen molar-refractivity contribution in [3.63, 3.8) is 0 Å². The summed E-state index contributed by atoms with van der Waals surface area (Å²) < 4.78 is 2.23. The van der Waals surface area contributed by atoms with E-state index in [0.717, 1.165) is 52.5 Å². The molecule has 9 nitrogen and oxygen atoms in total. The van der Waals surface area contributed by atoms with Gasteiger partial charge in [-0.2, -0.15) is 0 Å². The topological polar surface area (TPSA) is 140 Å². The minimum Gasteiger partial charge on any atom is -0.506 e. The van der Waals surface area contributed by atoms with Crippen LogP contribution in [0.25, 0.3) is 32.9 Å². The number of hydrogen-bond donors (Lipinski definition) is 6. The molecule has 0 saturated heterocycles. The number of pyridine rings is 1. The van der Waals surface area contributed by atoms with Crippen LogP contribution in [0.1, 0.15) is 29.2 Å². The van der Waals surface area contributed by atoms with E-state index >= 15 is 0 Å². The maximum absolute atomic E-state index is 11.7. The van der Waals surface area contributed by atoms with E-state index in [9.17, 15) is 24.9 Å². The van der Waals surface area contributed by atoms with Crippen molar-refractivity contribution in [2.75, 3.05) is 11.9 Å². The Balaban J connectivity index is 0.00000250. The Labute approximate surface area is 268 Å². The molecular formula is C36H36F2N4O5. The van der Waals surface area contributed by atoms with E-state index in [4.69, 9.17) is 0 Å². The summed E-state index contributed by atoms with van der Waals surface area (Å²) in [6, 6.07) is 30.3. The van der Waals surface area contributed by atoms with Gasteiger partial charge >= 0.3 is 6.09 Å². The molecule has 244 valence electrons. The molecule has 2 heterocycles. The van der Waals surface area contributed by atoms with Gasteiger partial charge in [-0.1, -0.05) is 54.6 Å². The van der Waals surface area contributed by atoms with Crippen LogP contribution in [0.3, 0.4) is 0 Å². The predicted molar refractivity (Wildman–Crippen MR) is 182 cm³/mol. The average Bonchev–Trinajstić information content (AvgIpc) is 3.44. The quantitative estimate of drug-likeness (QED) is 0.0929. The van der Waals surface area contributed by atoms with E-state index in [1.54, 1.807) is 12.1 Å². The number of fused-ring (bicyclic) bond motifs is 2. The van der Waals surface area contributed by atoms with Crippen molar-refractivity contribution in [3.05, 3.63) is 130 Å². The van der Waals surface area contributed by atoms with Crippen LogP contribution < -0.4 is 16.2 Å². The summed E-state index contributed by atoms with van der Waals surface area (Å²) in [6.45, 7) is 1.69. The van der Waals surface area contributed by atoms with Crippen LogP contribution in [0.15, 0.2) is 108 Å². The van der Waals surface area contributed by atoms with Crippen LogP contribution in [0.5, 0.6) is 5.75 Å². The van der Waals surface area contributed by atoms with Gasteiger partial charge in [0.1, 0.15) is 5.75 Å². The third-order valence-electron chi connectivity index (χ3n) is 8.04. The summed E-state index contributed by atoms with van der Waals surface area (Å²) in [7, 11) is 0. The van der Waals surface area contributed by atoms with Gasteiger partial charge in [-0.15, -0.1) is 0 Å². The van der Waals surface area contributed by atoms with E-state index in [2.05, 4.69) is 56.7 Å². The highest BCUT2D eigenvalue weighted by Gasteiger charge is 2.14. The Morgan fingerprint density at radius 1 is 0.894 bits per heavy atom. The number of phenols is 1. The molecule has 0 aliphatic rings. The number of carbonyl (C=O) groups is 1. The fourth-order valence-corrected chi connectivity index (χ4v) is 5.86. The lowest BCUT2D eigenvalue weighted by Gasteiger charge is -2.15. The molecule has 0 fully saturated rings. The zero-order chi connectivity index (χ0) is 31.3. The average molecular weight is 643 g/mol. The number of anilines is 1. The van der Waals surface area contributed by atoms with Gasteiger partial charge in [0.2, 0.25) is 5.56 Å². The molecule has 6 rings (SSSR count). The smallest absolute Gasteiger partial charge is 0.409 e. The molecule has 0 radical (unpaired) electrons. The Bertz CT molecular complexity index is 2050. The van der Waals surface area contributed by atoms with E-state index in [1.165, 1.54) is 12.1 Å². The van der Waals surface area contributed by atoms with Crippen molar-refractivity contribution >= 4 is 33.6 Å². The second kappa shape index (κ2) is 15.2. The van der Waals surface area contributed by atoms with Gasteiger partial charge in [0.15, 0.2) is 0 Å². The van der Waals surface area contributed by atoms with E-state index in [1.807, 2.05) is 42.5 Å². The van der Waals surface area contributed by atoms with Crippen LogP contribution in [-0.2, 0) is 19.5 Å². The molecular weight excluding hydrogens is 606 g/mol. The number of aromatic nitrogens is 2. The summed E-state index contributed by atoms with van der Waals surface area (Å²) >= 11 is 0. The van der Waals surface area contributed by atoms with Gasteiger partial charge in [0.05, 0.1) is 17.3 Å². The van der Waals surface area contributed by atoms with E-state index in [0.29, 0.717) is 35.2 Å². The lowest BCUT2D eigenvalue weighted by molar-refractivity contribution is 0.176. The second-order valence-corrected chi connectivity index (χ2v) is 11.1. The van der Waals surface area contributed by atoms with Gasteiger partial charge in [0.25, 0.3) is 0 Å². The number of H-pyrrole nitrogens is 1. The summed E-state index contributed by atoms with van der Waals surface area (Å²) in [4.78, 5) is 25.8. The lowest BCUT2D eigenvalue weighted by atomic mass is 9.99. The third-order valence-corrected chi connectivity index (χ3v) is 8.04. The normalized spacial score (nSPS) is 11.5. The number of nitrogens with one attached hydrogen (secondary N) is 3. The molecule has 6 N–H and O–H groups in total. The fraction of sp³-hybridized carbons (Fsp3) is 0.167. The first-order chi connectivity index (χ1) is 21.9. The molecule has 11 heteroatoms. The van der Waals surface area contributed by atoms with E-state index < -0.39 is 12.2 Å². The number of aryl methyl sites for hydroxylation is 2. The third kappa shape index (κ3) is 7.83. The number of benzene rings is 4. The molecule has 4 aromatic carbocycles. The minimum atomic E-state index is -1.08. The summed E-state index contributed by atoms with van der Waals surface area (Å²) in [5.74, 6) is -0.0356. The van der Waals surface area contributed by atoms with Gasteiger partial charge < -0.3 is 30.2 Å². The number of nitrogens with zero attached hydrogens (tertiary/aromatic N) is 1. The van der Waals surface area contributed by atoms with Crippen LogP contribution in [0, 0.1) is 0 Å². The predicted octanol–water partition coefficient (Wildman–Crippen LogP) is 6.71. The monoisotopic (exact) mass is 642 g/mol. The number of aliphatic hydroxyl groups is 1. The Hall–Kier alpha value is -5.52. The number of aromatic hydroxyl groups is 1. The zero-order valence-electron chi connectivity index (χ0n) is 25.3. The first kappa shape index (κ1) is 34.4. The van der Waals surface area contributed by atoms with Crippen LogP contribution in [0.4, 0.5) is 19.9 Å². The molecule has 0 unspecified atom stereocenters. The fourth-order valence-electron chi connectivity index (χ4n) is 5.86. The van der Waals surface area contributed by atoms with Gasteiger partial charge in [-0.3, -0.25) is 19.5 Å². The number of phenolic OH excluding ortho intramolecular Hbond substituents is 1. The minimum absolute atomic E-state index is 0. The van der Waals surface area contributed by atoms with Crippen molar-refractivity contribution in [2.24, 2.45) is 0 Å². The molecule has 1 atom stereocenters. The van der Waals surface area contributed by atoms with Gasteiger partial charge in [0, 0.05) is 48.4 Å². The zero-order valence-corrected chi connectivity index (χ0v) is 25.3. The number of amides is 1. The maximum Gasteiger partial charge on any atom is 0.409 e. The van der Waals surface area contributed by atoms with Crippen LogP contribution >= 0.6 is 0 Å². The van der Waals surface area contributed by atoms with Crippen molar-refractivity contribution < 1.29 is 29.5 Å². The van der Waals surface area contributed by atoms with Crippen molar-refractivity contribution in [1.82, 2.24) is 14.9 Å². The first-order valence-corrected chi connectivity index (χ1v) is 14.9. The van der Waals surface area contributed by atoms with Gasteiger partial charge in [-0.05, 0) is 76.9 Å². The molecule has 47 heavy (non-hydrogen) atoms. The largest absolute Gasteiger partial charge is 0.506 e. The van der Waals surface area contributed by atoms with Crippen molar-refractivity contribution in [2.45, 2.75) is 32.0 Å². The molecule has 0 saturated carbocycles. The van der Waals surface area contributed by atoms with Crippen LogP contribution in [-0.4, -0.2) is 37.5 Å². The number of rotatable bonds is 11. The van der Waals surface area contributed by atoms with E-state index in [-0.39, 0.29) is 20.7 Å². The molecule has 6 aromatic rings. The molecule has 0 aliphatic carbocycles. The SMILES string of the molecule is F.F.O=C(O)Nc1cc(CCCn2ccc3cc(CNC[C@H](O)c4ccc(O)c5[nH]c(=O)ccc45)ccc32)ccc1-c1ccccc1. The summed E-state index contributed by atoms with van der Waals surface area (Å²) in [6.07, 6.45) is 1.87. The number of aromatic amines is 1. The Kier molecular flexibility index (Phi) is 11.1. The Morgan fingerprint density at radius 3 is 2.47 bits per heavy atom. The number of aliphatic hydroxyl groups excluding tert-OH is 1. The molecule has 0 spiro atoms. The number of halogens is 2. The molecule has 2 aromatic heterocycles. The molecule has 1 amide bonds. The number of carboxylic acid groups (broad SMARTS) is 1. The Morgan fingerprint density at radius 2 is 1.68 bits per heavy atom.